The van der Waals surface area contributed by atoms with Crippen LogP contribution in [0.4, 0.5) is 0 Å². The third-order valence-electron chi connectivity index (χ3n) is 2.14. The summed E-state index contributed by atoms with van der Waals surface area (Å²) in [5.74, 6) is 0.672. The molecule has 92 valence electrons. The number of rotatable bonds is 3. The number of nitrogens with zero attached hydrogens (tertiary/aromatic N) is 1. The van der Waals surface area contributed by atoms with Crippen molar-refractivity contribution in [2.75, 3.05) is 14.2 Å². The fourth-order valence-electron chi connectivity index (χ4n) is 1.30. The molecule has 0 radical (unpaired) electrons. The first-order valence-corrected chi connectivity index (χ1v) is 5.39. The average molecular weight is 253 g/mol. The van der Waals surface area contributed by atoms with Gasteiger partial charge < -0.3 is 15.2 Å². The zero-order valence-corrected chi connectivity index (χ0v) is 10.8. The SMILES string of the molecule is CNC(=S)N/N=C(/C)c1c(O)cccc1OC. The van der Waals surface area contributed by atoms with E-state index in [1.165, 1.54) is 7.11 Å². The summed E-state index contributed by atoms with van der Waals surface area (Å²) in [7, 11) is 3.23. The fourth-order valence-corrected chi connectivity index (χ4v) is 1.35. The van der Waals surface area contributed by atoms with Gasteiger partial charge in [0.2, 0.25) is 0 Å². The normalized spacial score (nSPS) is 10.9. The molecule has 0 aliphatic carbocycles. The molecule has 0 atom stereocenters. The third-order valence-corrected chi connectivity index (χ3v) is 2.43. The lowest BCUT2D eigenvalue weighted by atomic mass is 10.1. The quantitative estimate of drug-likeness (QED) is 0.429. The molecular formula is C11H15N3O2S. The van der Waals surface area contributed by atoms with Crippen molar-refractivity contribution in [2.24, 2.45) is 5.10 Å². The van der Waals surface area contributed by atoms with Crippen LogP contribution in [-0.2, 0) is 0 Å². The van der Waals surface area contributed by atoms with Crippen LogP contribution in [0.1, 0.15) is 12.5 Å². The van der Waals surface area contributed by atoms with Crippen molar-refractivity contribution in [3.8, 4) is 11.5 Å². The van der Waals surface area contributed by atoms with E-state index in [0.29, 0.717) is 22.1 Å². The number of hydrogen-bond donors (Lipinski definition) is 3. The number of hydrazone groups is 1. The lowest BCUT2D eigenvalue weighted by molar-refractivity contribution is 0.406. The van der Waals surface area contributed by atoms with Gasteiger partial charge in [0.05, 0.1) is 18.4 Å². The summed E-state index contributed by atoms with van der Waals surface area (Å²) in [4.78, 5) is 0. The Hall–Kier alpha value is -1.82. The highest BCUT2D eigenvalue weighted by molar-refractivity contribution is 7.80. The van der Waals surface area contributed by atoms with Gasteiger partial charge in [-0.25, -0.2) is 0 Å². The molecule has 5 nitrogen and oxygen atoms in total. The number of thiocarbonyl (C=S) groups is 1. The predicted octanol–water partition coefficient (Wildman–Crippen LogP) is 1.22. The molecule has 0 aromatic heterocycles. The molecular weight excluding hydrogens is 238 g/mol. The van der Waals surface area contributed by atoms with Gasteiger partial charge >= 0.3 is 0 Å². The number of aromatic hydroxyl groups is 1. The average Bonchev–Trinajstić information content (AvgIpc) is 2.34. The van der Waals surface area contributed by atoms with E-state index in [1.54, 1.807) is 32.2 Å². The molecule has 0 heterocycles. The van der Waals surface area contributed by atoms with E-state index in [2.05, 4.69) is 15.8 Å². The first-order chi connectivity index (χ1) is 8.10. The molecule has 1 rings (SSSR count). The summed E-state index contributed by atoms with van der Waals surface area (Å²) >= 11 is 4.89. The lowest BCUT2D eigenvalue weighted by Crippen LogP contribution is -2.29. The number of phenols is 1. The second-order valence-electron chi connectivity index (χ2n) is 3.24. The molecule has 1 aromatic carbocycles. The van der Waals surface area contributed by atoms with E-state index < -0.39 is 0 Å². The number of ether oxygens (including phenoxy) is 1. The van der Waals surface area contributed by atoms with Gasteiger partial charge in [-0.3, -0.25) is 5.43 Å². The molecule has 0 unspecified atom stereocenters. The van der Waals surface area contributed by atoms with E-state index in [-0.39, 0.29) is 5.75 Å². The van der Waals surface area contributed by atoms with E-state index in [1.807, 2.05) is 0 Å². The number of hydrogen-bond acceptors (Lipinski definition) is 4. The van der Waals surface area contributed by atoms with Gasteiger partial charge in [-0.1, -0.05) is 6.07 Å². The lowest BCUT2D eigenvalue weighted by Gasteiger charge is -2.10. The van der Waals surface area contributed by atoms with E-state index in [9.17, 15) is 5.11 Å². The van der Waals surface area contributed by atoms with Gasteiger partial charge in [-0.05, 0) is 31.3 Å². The summed E-state index contributed by atoms with van der Waals surface area (Å²) in [6, 6.07) is 5.04. The van der Waals surface area contributed by atoms with Crippen LogP contribution in [0.25, 0.3) is 0 Å². The molecule has 1 aromatic rings. The summed E-state index contributed by atoms with van der Waals surface area (Å²) < 4.78 is 5.16. The number of nitrogens with one attached hydrogen (secondary N) is 2. The van der Waals surface area contributed by atoms with Crippen molar-refractivity contribution in [1.82, 2.24) is 10.7 Å². The minimum absolute atomic E-state index is 0.114. The molecule has 0 saturated carbocycles. The van der Waals surface area contributed by atoms with Crippen LogP contribution in [0, 0.1) is 0 Å². The zero-order valence-electron chi connectivity index (χ0n) is 9.94. The Morgan fingerprint density at radius 3 is 2.76 bits per heavy atom. The van der Waals surface area contributed by atoms with Crippen LogP contribution in [0.3, 0.4) is 0 Å². The summed E-state index contributed by atoms with van der Waals surface area (Å²) in [5, 5.41) is 17.0. The topological polar surface area (TPSA) is 65.9 Å². The highest BCUT2D eigenvalue weighted by Crippen LogP contribution is 2.27. The monoisotopic (exact) mass is 253 g/mol. The molecule has 0 aliphatic rings. The Morgan fingerprint density at radius 2 is 2.18 bits per heavy atom. The second-order valence-corrected chi connectivity index (χ2v) is 3.65. The van der Waals surface area contributed by atoms with Gasteiger partial charge in [0.15, 0.2) is 5.11 Å². The van der Waals surface area contributed by atoms with Gasteiger partial charge in [0.25, 0.3) is 0 Å². The Kier molecular flexibility index (Phi) is 4.71. The molecule has 0 aliphatic heterocycles. The molecule has 0 fully saturated rings. The number of phenolic OH excluding ortho intramolecular Hbond substituents is 1. The van der Waals surface area contributed by atoms with E-state index >= 15 is 0 Å². The van der Waals surface area contributed by atoms with Crippen LogP contribution >= 0.6 is 12.2 Å². The summed E-state index contributed by atoms with van der Waals surface area (Å²) in [5.41, 5.74) is 3.77. The minimum atomic E-state index is 0.114. The third kappa shape index (κ3) is 3.32. The van der Waals surface area contributed by atoms with Crippen molar-refractivity contribution in [3.63, 3.8) is 0 Å². The molecule has 0 bridgehead atoms. The van der Waals surface area contributed by atoms with E-state index in [0.717, 1.165) is 0 Å². The first kappa shape index (κ1) is 13.2. The Morgan fingerprint density at radius 1 is 1.47 bits per heavy atom. The van der Waals surface area contributed by atoms with Crippen molar-refractivity contribution in [2.45, 2.75) is 6.92 Å². The van der Waals surface area contributed by atoms with Gasteiger partial charge in [0, 0.05) is 7.05 Å². The van der Waals surface area contributed by atoms with Crippen molar-refractivity contribution in [3.05, 3.63) is 23.8 Å². The standard InChI is InChI=1S/C11H15N3O2S/c1-7(13-14-11(17)12-2)10-8(15)5-4-6-9(10)16-3/h4-6,15H,1-3H3,(H2,12,14,17)/b13-7-. The van der Waals surface area contributed by atoms with Crippen molar-refractivity contribution < 1.29 is 9.84 Å². The number of methoxy groups -OCH3 is 1. The van der Waals surface area contributed by atoms with Gasteiger partial charge in [-0.2, -0.15) is 5.10 Å². The fraction of sp³-hybridized carbons (Fsp3) is 0.273. The van der Waals surface area contributed by atoms with E-state index in [4.69, 9.17) is 17.0 Å². The minimum Gasteiger partial charge on any atom is -0.507 e. The molecule has 3 N–H and O–H groups in total. The van der Waals surface area contributed by atoms with Gasteiger partial charge in [-0.15, -0.1) is 0 Å². The van der Waals surface area contributed by atoms with Crippen LogP contribution in [0.2, 0.25) is 0 Å². The molecule has 0 spiro atoms. The maximum atomic E-state index is 9.78. The summed E-state index contributed by atoms with van der Waals surface area (Å²) in [6.45, 7) is 1.75. The van der Waals surface area contributed by atoms with Crippen LogP contribution in [0.5, 0.6) is 11.5 Å². The maximum absolute atomic E-state index is 9.78. The Balaban J connectivity index is 3.02. The highest BCUT2D eigenvalue weighted by Gasteiger charge is 2.11. The molecule has 17 heavy (non-hydrogen) atoms. The van der Waals surface area contributed by atoms with Crippen molar-refractivity contribution >= 4 is 23.0 Å². The van der Waals surface area contributed by atoms with Crippen LogP contribution in [0.15, 0.2) is 23.3 Å². The van der Waals surface area contributed by atoms with Crippen LogP contribution in [-0.4, -0.2) is 30.1 Å². The highest BCUT2D eigenvalue weighted by atomic mass is 32.1. The summed E-state index contributed by atoms with van der Waals surface area (Å²) in [6.07, 6.45) is 0. The number of benzene rings is 1. The van der Waals surface area contributed by atoms with Gasteiger partial charge in [0.1, 0.15) is 11.5 Å². The first-order valence-electron chi connectivity index (χ1n) is 4.98. The predicted molar refractivity (Wildman–Crippen MR) is 71.7 cm³/mol. The smallest absolute Gasteiger partial charge is 0.186 e. The zero-order chi connectivity index (χ0) is 12.8. The largest absolute Gasteiger partial charge is 0.507 e. The van der Waals surface area contributed by atoms with Crippen LogP contribution < -0.4 is 15.5 Å². The molecule has 0 saturated heterocycles. The Labute approximate surface area is 105 Å². The Bertz CT molecular complexity index is 446. The maximum Gasteiger partial charge on any atom is 0.186 e. The van der Waals surface area contributed by atoms with Crippen molar-refractivity contribution in [1.29, 1.82) is 0 Å². The molecule has 0 amide bonds. The second kappa shape index (κ2) is 6.05. The molecule has 6 heteroatoms.